The van der Waals surface area contributed by atoms with Crippen LogP contribution in [-0.4, -0.2) is 68.1 Å². The van der Waals surface area contributed by atoms with Crippen molar-refractivity contribution in [3.05, 3.63) is 0 Å². The Morgan fingerprint density at radius 3 is 2.24 bits per heavy atom. The van der Waals surface area contributed by atoms with Crippen LogP contribution in [0.1, 0.15) is 46.5 Å². The van der Waals surface area contributed by atoms with Crippen LogP contribution in [0.15, 0.2) is 0 Å². The molecule has 1 unspecified atom stereocenters. The number of hydrogen-bond acceptors (Lipinski definition) is 4. The van der Waals surface area contributed by atoms with E-state index in [1.807, 2.05) is 6.92 Å². The Bertz CT molecular complexity index is 283. The first-order chi connectivity index (χ1) is 9.85. The quantitative estimate of drug-likeness (QED) is 0.538. The SMILES string of the molecule is CCCNC(C)(CCCN(CC)CCCN(C)C)C(N)=O. The summed E-state index contributed by atoms with van der Waals surface area (Å²) in [4.78, 5) is 16.3. The van der Waals surface area contributed by atoms with Crippen molar-refractivity contribution in [1.29, 1.82) is 0 Å². The molecule has 0 aromatic rings. The Labute approximate surface area is 131 Å². The van der Waals surface area contributed by atoms with Crippen LogP contribution in [-0.2, 0) is 4.79 Å². The number of nitrogens with two attached hydrogens (primary N) is 1. The first-order valence-corrected chi connectivity index (χ1v) is 8.27. The average Bonchev–Trinajstić information content (AvgIpc) is 2.42. The van der Waals surface area contributed by atoms with Gasteiger partial charge in [0.25, 0.3) is 0 Å². The van der Waals surface area contributed by atoms with Crippen molar-refractivity contribution in [3.63, 3.8) is 0 Å². The second-order valence-corrected chi connectivity index (χ2v) is 6.32. The fourth-order valence-electron chi connectivity index (χ4n) is 2.39. The molecule has 0 aliphatic rings. The van der Waals surface area contributed by atoms with Crippen molar-refractivity contribution < 1.29 is 4.79 Å². The summed E-state index contributed by atoms with van der Waals surface area (Å²) in [6.45, 7) is 11.4. The summed E-state index contributed by atoms with van der Waals surface area (Å²) in [6, 6.07) is 0. The molecule has 0 aliphatic carbocycles. The summed E-state index contributed by atoms with van der Waals surface area (Å²) in [5.74, 6) is -0.244. The Kier molecular flexibility index (Phi) is 10.6. The van der Waals surface area contributed by atoms with Gasteiger partial charge in [-0.05, 0) is 79.4 Å². The van der Waals surface area contributed by atoms with Crippen LogP contribution in [0.3, 0.4) is 0 Å². The number of carbonyl (C=O) groups is 1. The summed E-state index contributed by atoms with van der Waals surface area (Å²) < 4.78 is 0. The maximum Gasteiger partial charge on any atom is 0.237 e. The smallest absolute Gasteiger partial charge is 0.237 e. The highest BCUT2D eigenvalue weighted by Gasteiger charge is 2.29. The molecular weight excluding hydrogens is 264 g/mol. The maximum absolute atomic E-state index is 11.7. The number of rotatable bonds is 13. The molecule has 0 aromatic carbocycles. The lowest BCUT2D eigenvalue weighted by atomic mass is 9.94. The van der Waals surface area contributed by atoms with E-state index >= 15 is 0 Å². The van der Waals surface area contributed by atoms with E-state index in [4.69, 9.17) is 5.73 Å². The van der Waals surface area contributed by atoms with Crippen LogP contribution in [0.4, 0.5) is 0 Å². The predicted molar refractivity (Wildman–Crippen MR) is 90.4 cm³/mol. The summed E-state index contributed by atoms with van der Waals surface area (Å²) in [5, 5.41) is 3.30. The van der Waals surface area contributed by atoms with Crippen LogP contribution in [0.25, 0.3) is 0 Å². The minimum Gasteiger partial charge on any atom is -0.368 e. The summed E-state index contributed by atoms with van der Waals surface area (Å²) in [6.07, 6.45) is 3.98. The topological polar surface area (TPSA) is 61.6 Å². The third-order valence-electron chi connectivity index (χ3n) is 3.99. The number of carbonyl (C=O) groups excluding carboxylic acids is 1. The summed E-state index contributed by atoms with van der Waals surface area (Å²) in [7, 11) is 4.21. The van der Waals surface area contributed by atoms with Gasteiger partial charge in [-0.2, -0.15) is 0 Å². The van der Waals surface area contributed by atoms with Crippen molar-refractivity contribution in [3.8, 4) is 0 Å². The largest absolute Gasteiger partial charge is 0.368 e. The molecule has 0 radical (unpaired) electrons. The van der Waals surface area contributed by atoms with Gasteiger partial charge in [0.1, 0.15) is 0 Å². The van der Waals surface area contributed by atoms with Crippen LogP contribution >= 0.6 is 0 Å². The Balaban J connectivity index is 4.12. The van der Waals surface area contributed by atoms with Crippen molar-refractivity contribution in [2.24, 2.45) is 5.73 Å². The summed E-state index contributed by atoms with van der Waals surface area (Å²) >= 11 is 0. The summed E-state index contributed by atoms with van der Waals surface area (Å²) in [5.41, 5.74) is 4.98. The third-order valence-corrected chi connectivity index (χ3v) is 3.99. The van der Waals surface area contributed by atoms with Crippen LogP contribution in [0.2, 0.25) is 0 Å². The number of nitrogens with one attached hydrogen (secondary N) is 1. The fraction of sp³-hybridized carbons (Fsp3) is 0.938. The van der Waals surface area contributed by atoms with E-state index in [0.717, 1.165) is 52.0 Å². The molecule has 0 bridgehead atoms. The van der Waals surface area contributed by atoms with E-state index in [0.29, 0.717) is 0 Å². The predicted octanol–water partition coefficient (Wildman–Crippen LogP) is 1.28. The van der Waals surface area contributed by atoms with E-state index in [2.05, 4.69) is 43.1 Å². The standard InChI is InChI=1S/C16H36N4O/c1-6-11-18-16(3,15(17)21)10-8-13-20(7-2)14-9-12-19(4)5/h18H,6-14H2,1-5H3,(H2,17,21). The Hall–Kier alpha value is -0.650. The maximum atomic E-state index is 11.7. The highest BCUT2D eigenvalue weighted by molar-refractivity contribution is 5.84. The highest BCUT2D eigenvalue weighted by atomic mass is 16.1. The van der Waals surface area contributed by atoms with Crippen molar-refractivity contribution in [2.45, 2.75) is 52.0 Å². The molecular formula is C16H36N4O. The molecule has 0 aromatic heterocycles. The molecule has 0 saturated heterocycles. The van der Waals surface area contributed by atoms with Crippen LogP contribution in [0.5, 0.6) is 0 Å². The van der Waals surface area contributed by atoms with Gasteiger partial charge in [-0.15, -0.1) is 0 Å². The third kappa shape index (κ3) is 9.06. The molecule has 5 nitrogen and oxygen atoms in total. The van der Waals surface area contributed by atoms with E-state index in [9.17, 15) is 4.79 Å². The molecule has 1 amide bonds. The molecule has 0 fully saturated rings. The van der Waals surface area contributed by atoms with Gasteiger partial charge in [0.05, 0.1) is 5.54 Å². The molecule has 126 valence electrons. The lowest BCUT2D eigenvalue weighted by Gasteiger charge is -2.29. The molecule has 21 heavy (non-hydrogen) atoms. The first kappa shape index (κ1) is 20.3. The van der Waals surface area contributed by atoms with E-state index in [1.54, 1.807) is 0 Å². The van der Waals surface area contributed by atoms with Gasteiger partial charge in [-0.25, -0.2) is 0 Å². The molecule has 0 saturated carbocycles. The van der Waals surface area contributed by atoms with Gasteiger partial charge >= 0.3 is 0 Å². The zero-order valence-corrected chi connectivity index (χ0v) is 14.7. The second kappa shape index (κ2) is 11.0. The molecule has 1 atom stereocenters. The zero-order valence-electron chi connectivity index (χ0n) is 14.7. The highest BCUT2D eigenvalue weighted by Crippen LogP contribution is 2.13. The van der Waals surface area contributed by atoms with Gasteiger partial charge in [0.15, 0.2) is 0 Å². The van der Waals surface area contributed by atoms with Gasteiger partial charge < -0.3 is 20.9 Å². The molecule has 5 heteroatoms. The molecule has 0 spiro atoms. The van der Waals surface area contributed by atoms with Crippen molar-refractivity contribution >= 4 is 5.91 Å². The number of hydrogen-bond donors (Lipinski definition) is 2. The first-order valence-electron chi connectivity index (χ1n) is 8.27. The monoisotopic (exact) mass is 300 g/mol. The minimum absolute atomic E-state index is 0.244. The second-order valence-electron chi connectivity index (χ2n) is 6.32. The zero-order chi connectivity index (χ0) is 16.3. The van der Waals surface area contributed by atoms with Gasteiger partial charge in [0.2, 0.25) is 5.91 Å². The molecule has 0 rings (SSSR count). The molecule has 0 aliphatic heterocycles. The van der Waals surface area contributed by atoms with E-state index in [1.165, 1.54) is 6.42 Å². The van der Waals surface area contributed by atoms with Crippen molar-refractivity contribution in [1.82, 2.24) is 15.1 Å². The fourth-order valence-corrected chi connectivity index (χ4v) is 2.39. The van der Waals surface area contributed by atoms with Crippen LogP contribution < -0.4 is 11.1 Å². The van der Waals surface area contributed by atoms with Gasteiger partial charge in [-0.3, -0.25) is 4.79 Å². The van der Waals surface area contributed by atoms with E-state index < -0.39 is 5.54 Å². The number of nitrogens with zero attached hydrogens (tertiary/aromatic N) is 2. The van der Waals surface area contributed by atoms with E-state index in [-0.39, 0.29) is 5.91 Å². The molecule has 0 heterocycles. The van der Waals surface area contributed by atoms with Crippen LogP contribution in [0, 0.1) is 0 Å². The molecule has 3 N–H and O–H groups in total. The minimum atomic E-state index is -0.570. The normalized spacial score (nSPS) is 14.6. The Morgan fingerprint density at radius 2 is 1.76 bits per heavy atom. The van der Waals surface area contributed by atoms with Gasteiger partial charge in [-0.1, -0.05) is 13.8 Å². The van der Waals surface area contributed by atoms with Gasteiger partial charge in [0, 0.05) is 0 Å². The Morgan fingerprint density at radius 1 is 1.14 bits per heavy atom. The average molecular weight is 300 g/mol. The number of primary amides is 1. The number of amides is 1. The van der Waals surface area contributed by atoms with Crippen molar-refractivity contribution in [2.75, 3.05) is 46.8 Å². The lowest BCUT2D eigenvalue weighted by Crippen LogP contribution is -2.53. The lowest BCUT2D eigenvalue weighted by molar-refractivity contribution is -0.124.